The Balaban J connectivity index is 1.98. The summed E-state index contributed by atoms with van der Waals surface area (Å²) >= 11 is 0. The number of ether oxygens (including phenoxy) is 1. The van der Waals surface area contributed by atoms with Crippen LogP contribution in [0.5, 0.6) is 0 Å². The van der Waals surface area contributed by atoms with Crippen molar-refractivity contribution < 1.29 is 32.1 Å². The van der Waals surface area contributed by atoms with Crippen molar-refractivity contribution >= 4 is 33.3 Å². The molecule has 0 aliphatic carbocycles. The first-order valence-corrected chi connectivity index (χ1v) is 10.0. The zero-order valence-electron chi connectivity index (χ0n) is 15.9. The molecule has 0 heterocycles. The number of nitro benzene ring substituents is 1. The number of esters is 1. The summed E-state index contributed by atoms with van der Waals surface area (Å²) in [7, 11) is -3.98. The van der Waals surface area contributed by atoms with Crippen molar-refractivity contribution in [2.45, 2.75) is 30.9 Å². The summed E-state index contributed by atoms with van der Waals surface area (Å²) in [6.07, 6.45) is -1.36. The monoisotopic (exact) mass is 439 g/mol. The molecule has 0 fully saturated rings. The van der Waals surface area contributed by atoms with Crippen LogP contribution in [0.15, 0.2) is 53.4 Å². The van der Waals surface area contributed by atoms with Crippen molar-refractivity contribution in [1.82, 2.24) is 4.72 Å². The van der Waals surface area contributed by atoms with Crippen LogP contribution in [0.25, 0.3) is 0 Å². The maximum Gasteiger partial charge on any atom is 0.324 e. The third-order valence-corrected chi connectivity index (χ3v) is 5.37. The highest BCUT2D eigenvalue weighted by Crippen LogP contribution is 2.21. The number of hydrogen-bond acceptors (Lipinski definition) is 7. The summed E-state index contributed by atoms with van der Waals surface area (Å²) in [5.74, 6) is -2.93. The molecule has 2 atom stereocenters. The Morgan fingerprint density at radius 2 is 1.77 bits per heavy atom. The van der Waals surface area contributed by atoms with Gasteiger partial charge in [-0.15, -0.1) is 0 Å². The molecular formula is C18H18FN3O7S. The van der Waals surface area contributed by atoms with Gasteiger partial charge in [0.25, 0.3) is 5.91 Å². The molecule has 2 aromatic carbocycles. The second-order valence-electron chi connectivity index (χ2n) is 6.15. The molecule has 0 aliphatic rings. The first-order chi connectivity index (χ1) is 14.0. The number of halogens is 1. The van der Waals surface area contributed by atoms with Crippen LogP contribution in [0.4, 0.5) is 15.8 Å². The number of sulfonamides is 1. The highest BCUT2D eigenvalue weighted by Gasteiger charge is 2.26. The fraction of sp³-hybridized carbons (Fsp3) is 0.222. The van der Waals surface area contributed by atoms with Crippen molar-refractivity contribution in [3.63, 3.8) is 0 Å². The van der Waals surface area contributed by atoms with Crippen LogP contribution in [0, 0.1) is 15.9 Å². The van der Waals surface area contributed by atoms with Gasteiger partial charge >= 0.3 is 11.7 Å². The molecule has 0 bridgehead atoms. The predicted octanol–water partition coefficient (Wildman–Crippen LogP) is 1.97. The Bertz CT molecular complexity index is 1060. The quantitative estimate of drug-likeness (QED) is 0.363. The summed E-state index contributed by atoms with van der Waals surface area (Å²) in [6.45, 7) is 2.47. The number of benzene rings is 2. The van der Waals surface area contributed by atoms with Gasteiger partial charge in [0.2, 0.25) is 15.8 Å². The van der Waals surface area contributed by atoms with Gasteiger partial charge in [-0.25, -0.2) is 8.42 Å². The van der Waals surface area contributed by atoms with Crippen LogP contribution in [-0.2, 0) is 24.3 Å². The van der Waals surface area contributed by atoms with Gasteiger partial charge in [-0.1, -0.05) is 18.2 Å². The van der Waals surface area contributed by atoms with Gasteiger partial charge < -0.3 is 10.1 Å². The molecule has 0 aliphatic heterocycles. The van der Waals surface area contributed by atoms with Crippen LogP contribution in [0.3, 0.4) is 0 Å². The van der Waals surface area contributed by atoms with E-state index in [1.54, 1.807) is 6.07 Å². The number of carbonyl (C=O) groups is 2. The van der Waals surface area contributed by atoms with Crippen LogP contribution in [0.2, 0.25) is 0 Å². The Kier molecular flexibility index (Phi) is 7.19. The van der Waals surface area contributed by atoms with Crippen LogP contribution >= 0.6 is 0 Å². The summed E-state index contributed by atoms with van der Waals surface area (Å²) in [5, 5.41) is 13.0. The molecule has 10 nitrogen and oxygen atoms in total. The second kappa shape index (κ2) is 9.41. The zero-order chi connectivity index (χ0) is 22.5. The van der Waals surface area contributed by atoms with Gasteiger partial charge in [-0.3, -0.25) is 19.7 Å². The molecule has 30 heavy (non-hydrogen) atoms. The molecule has 0 spiro atoms. The van der Waals surface area contributed by atoms with E-state index in [-0.39, 0.29) is 10.6 Å². The molecule has 1 amide bonds. The molecule has 160 valence electrons. The van der Waals surface area contributed by atoms with Crippen LogP contribution in [-0.4, -0.2) is 37.4 Å². The van der Waals surface area contributed by atoms with Gasteiger partial charge in [0.1, 0.15) is 6.04 Å². The van der Waals surface area contributed by atoms with Crippen molar-refractivity contribution in [3.8, 4) is 0 Å². The number of anilines is 1. The molecule has 2 rings (SSSR count). The Morgan fingerprint density at radius 1 is 1.13 bits per heavy atom. The summed E-state index contributed by atoms with van der Waals surface area (Å²) in [6, 6.07) is 8.79. The number of rotatable bonds is 8. The highest BCUT2D eigenvalue weighted by molar-refractivity contribution is 7.89. The molecule has 0 radical (unpaired) electrons. The van der Waals surface area contributed by atoms with E-state index in [1.165, 1.54) is 38.1 Å². The van der Waals surface area contributed by atoms with Gasteiger partial charge in [-0.2, -0.15) is 9.11 Å². The van der Waals surface area contributed by atoms with Crippen molar-refractivity contribution in [2.75, 3.05) is 5.32 Å². The van der Waals surface area contributed by atoms with Crippen LogP contribution in [0.1, 0.15) is 13.8 Å². The average Bonchev–Trinajstić information content (AvgIpc) is 2.69. The standard InChI is InChI=1S/C18H18FN3O7S/c1-11(21-30(27,28)14-6-4-3-5-7-14)18(24)29-12(2)17(23)20-13-8-9-15(19)16(10-13)22(25)26/h3-12,21H,1-2H3,(H,20,23)/t11-,12?/m0/s1. The lowest BCUT2D eigenvalue weighted by Gasteiger charge is -2.17. The number of amides is 1. The lowest BCUT2D eigenvalue weighted by Crippen LogP contribution is -2.42. The van der Waals surface area contributed by atoms with Gasteiger partial charge in [0.15, 0.2) is 6.10 Å². The second-order valence-corrected chi connectivity index (χ2v) is 7.86. The van der Waals surface area contributed by atoms with E-state index in [0.29, 0.717) is 0 Å². The molecule has 0 saturated carbocycles. The molecule has 2 N–H and O–H groups in total. The molecule has 0 saturated heterocycles. The van der Waals surface area contributed by atoms with Gasteiger partial charge in [0, 0.05) is 11.8 Å². The third-order valence-electron chi connectivity index (χ3n) is 3.81. The SMILES string of the molecule is CC(OC(=O)[C@H](C)NS(=O)(=O)c1ccccc1)C(=O)Nc1ccc(F)c([N+](=O)[O-])c1. The number of nitro groups is 1. The first kappa shape index (κ1) is 22.9. The Labute approximate surface area is 171 Å². The number of carbonyl (C=O) groups excluding carboxylic acids is 2. The molecule has 12 heteroatoms. The number of hydrogen-bond donors (Lipinski definition) is 2. The minimum absolute atomic E-state index is 0.0478. The van der Waals surface area contributed by atoms with E-state index >= 15 is 0 Å². The van der Waals surface area contributed by atoms with Crippen LogP contribution < -0.4 is 10.0 Å². The highest BCUT2D eigenvalue weighted by atomic mass is 32.2. The summed E-state index contributed by atoms with van der Waals surface area (Å²) in [4.78, 5) is 34.1. The van der Waals surface area contributed by atoms with Gasteiger partial charge in [0.05, 0.1) is 9.82 Å². The minimum atomic E-state index is -3.98. The first-order valence-electron chi connectivity index (χ1n) is 8.54. The molecular weight excluding hydrogens is 421 g/mol. The number of nitrogens with one attached hydrogen (secondary N) is 2. The van der Waals surface area contributed by atoms with E-state index in [0.717, 1.165) is 18.2 Å². The predicted molar refractivity (Wildman–Crippen MR) is 103 cm³/mol. The Hall–Kier alpha value is -3.38. The normalized spacial score (nSPS) is 13.2. The van der Waals surface area contributed by atoms with Crippen molar-refractivity contribution in [1.29, 1.82) is 0 Å². The number of nitrogens with zero attached hydrogens (tertiary/aromatic N) is 1. The van der Waals surface area contributed by atoms with E-state index in [9.17, 15) is 32.5 Å². The zero-order valence-corrected chi connectivity index (χ0v) is 16.7. The third kappa shape index (κ3) is 5.81. The minimum Gasteiger partial charge on any atom is -0.451 e. The lowest BCUT2D eigenvalue weighted by molar-refractivity contribution is -0.387. The van der Waals surface area contributed by atoms with E-state index in [4.69, 9.17) is 4.74 Å². The van der Waals surface area contributed by atoms with E-state index in [1.807, 2.05) is 0 Å². The molecule has 0 aromatic heterocycles. The maximum atomic E-state index is 13.4. The van der Waals surface area contributed by atoms with E-state index in [2.05, 4.69) is 10.0 Å². The summed E-state index contributed by atoms with van der Waals surface area (Å²) in [5.41, 5.74) is -0.907. The van der Waals surface area contributed by atoms with E-state index < -0.39 is 50.5 Å². The molecule has 1 unspecified atom stereocenters. The lowest BCUT2D eigenvalue weighted by atomic mass is 10.2. The van der Waals surface area contributed by atoms with Gasteiger partial charge in [-0.05, 0) is 38.1 Å². The maximum absolute atomic E-state index is 13.4. The average molecular weight is 439 g/mol. The topological polar surface area (TPSA) is 145 Å². The van der Waals surface area contributed by atoms with Crippen molar-refractivity contribution in [3.05, 3.63) is 64.5 Å². The van der Waals surface area contributed by atoms with Crippen molar-refractivity contribution in [2.24, 2.45) is 0 Å². The molecule has 2 aromatic rings. The smallest absolute Gasteiger partial charge is 0.324 e. The fourth-order valence-electron chi connectivity index (χ4n) is 2.25. The Morgan fingerprint density at radius 3 is 2.37 bits per heavy atom. The summed E-state index contributed by atoms with van der Waals surface area (Å²) < 4.78 is 44.9. The largest absolute Gasteiger partial charge is 0.451 e. The fourth-order valence-corrected chi connectivity index (χ4v) is 3.47.